The molecule has 0 aliphatic carbocycles. The second kappa shape index (κ2) is 9.50. The molecule has 1 saturated heterocycles. The smallest absolute Gasteiger partial charge is 0.270 e. The van der Waals surface area contributed by atoms with Crippen LogP contribution in [0.25, 0.3) is 12.2 Å². The summed E-state index contributed by atoms with van der Waals surface area (Å²) in [6, 6.07) is 19.0. The molecule has 2 aromatic rings. The highest BCUT2D eigenvalue weighted by Crippen LogP contribution is 2.10. The summed E-state index contributed by atoms with van der Waals surface area (Å²) in [5.41, 5.74) is 2.02. The Balaban J connectivity index is 1.77. The third kappa shape index (κ3) is 5.66. The van der Waals surface area contributed by atoms with E-state index in [1.54, 1.807) is 17.1 Å². The molecule has 138 valence electrons. The quantitative estimate of drug-likeness (QED) is 0.832. The lowest BCUT2D eigenvalue weighted by atomic mass is 10.1. The molecule has 1 heterocycles. The maximum Gasteiger partial charge on any atom is 0.270 e. The molecule has 0 saturated carbocycles. The van der Waals surface area contributed by atoms with Crippen molar-refractivity contribution in [2.45, 2.75) is 0 Å². The van der Waals surface area contributed by atoms with Crippen LogP contribution in [0.5, 0.6) is 0 Å². The second-order valence-corrected chi connectivity index (χ2v) is 6.11. The fourth-order valence-corrected chi connectivity index (χ4v) is 2.71. The predicted molar refractivity (Wildman–Crippen MR) is 105 cm³/mol. The van der Waals surface area contributed by atoms with E-state index in [2.05, 4.69) is 5.32 Å². The molecule has 0 unspecified atom stereocenters. The first-order valence-electron chi connectivity index (χ1n) is 8.90. The average molecular weight is 362 g/mol. The van der Waals surface area contributed by atoms with E-state index in [9.17, 15) is 9.59 Å². The van der Waals surface area contributed by atoms with Gasteiger partial charge in [-0.1, -0.05) is 60.7 Å². The maximum atomic E-state index is 12.9. The Morgan fingerprint density at radius 3 is 2.11 bits per heavy atom. The van der Waals surface area contributed by atoms with Gasteiger partial charge in [0.2, 0.25) is 5.91 Å². The van der Waals surface area contributed by atoms with Gasteiger partial charge in [0, 0.05) is 19.2 Å². The standard InChI is InChI=1S/C22H22N2O3/c25-21(12-11-18-7-3-1-4-8-18)23-20(17-19-9-5-2-6-10-19)22(26)24-13-15-27-16-14-24/h1-12,17H,13-16H2,(H,23,25)/b12-11+,20-17+. The molecular formula is C22H22N2O3. The van der Waals surface area contributed by atoms with E-state index < -0.39 is 0 Å². The van der Waals surface area contributed by atoms with Crippen LogP contribution >= 0.6 is 0 Å². The summed E-state index contributed by atoms with van der Waals surface area (Å²) < 4.78 is 5.30. The zero-order valence-electron chi connectivity index (χ0n) is 15.0. The van der Waals surface area contributed by atoms with Crippen molar-refractivity contribution in [2.24, 2.45) is 0 Å². The lowest BCUT2D eigenvalue weighted by Gasteiger charge is -2.27. The maximum absolute atomic E-state index is 12.9. The second-order valence-electron chi connectivity index (χ2n) is 6.11. The lowest BCUT2D eigenvalue weighted by Crippen LogP contribution is -2.44. The summed E-state index contributed by atoms with van der Waals surface area (Å²) in [6.45, 7) is 2.04. The van der Waals surface area contributed by atoms with Crippen LogP contribution in [0.2, 0.25) is 0 Å². The van der Waals surface area contributed by atoms with Crippen molar-refractivity contribution >= 4 is 24.0 Å². The fourth-order valence-electron chi connectivity index (χ4n) is 2.71. The molecule has 27 heavy (non-hydrogen) atoms. The molecule has 1 aliphatic heterocycles. The van der Waals surface area contributed by atoms with E-state index in [1.165, 1.54) is 6.08 Å². The van der Waals surface area contributed by atoms with Gasteiger partial charge in [-0.15, -0.1) is 0 Å². The van der Waals surface area contributed by atoms with Crippen LogP contribution in [0.3, 0.4) is 0 Å². The molecule has 1 aliphatic rings. The van der Waals surface area contributed by atoms with Gasteiger partial charge in [-0.3, -0.25) is 9.59 Å². The van der Waals surface area contributed by atoms with Gasteiger partial charge in [-0.2, -0.15) is 0 Å². The number of carbonyl (C=O) groups excluding carboxylic acids is 2. The van der Waals surface area contributed by atoms with Gasteiger partial charge < -0.3 is 15.0 Å². The monoisotopic (exact) mass is 362 g/mol. The van der Waals surface area contributed by atoms with Gasteiger partial charge in [-0.05, 0) is 23.3 Å². The molecule has 5 heteroatoms. The van der Waals surface area contributed by atoms with Crippen LogP contribution in [0.1, 0.15) is 11.1 Å². The Morgan fingerprint density at radius 1 is 0.889 bits per heavy atom. The zero-order chi connectivity index (χ0) is 18.9. The minimum atomic E-state index is -0.345. The molecular weight excluding hydrogens is 340 g/mol. The number of carbonyl (C=O) groups is 2. The Hall–Kier alpha value is -3.18. The zero-order valence-corrected chi connectivity index (χ0v) is 15.0. The van der Waals surface area contributed by atoms with E-state index >= 15 is 0 Å². The van der Waals surface area contributed by atoms with Crippen LogP contribution in [0, 0.1) is 0 Å². The minimum Gasteiger partial charge on any atom is -0.378 e. The van der Waals surface area contributed by atoms with E-state index in [0.29, 0.717) is 26.3 Å². The van der Waals surface area contributed by atoms with Crippen molar-refractivity contribution in [2.75, 3.05) is 26.3 Å². The van der Waals surface area contributed by atoms with Crippen molar-refractivity contribution in [1.29, 1.82) is 0 Å². The number of amides is 2. The van der Waals surface area contributed by atoms with Crippen LogP contribution < -0.4 is 5.32 Å². The van der Waals surface area contributed by atoms with Crippen molar-refractivity contribution < 1.29 is 14.3 Å². The SMILES string of the molecule is O=C(/C=C/c1ccccc1)N/C(=C/c1ccccc1)C(=O)N1CCOCC1. The molecule has 0 spiro atoms. The summed E-state index contributed by atoms with van der Waals surface area (Å²) in [7, 11) is 0. The number of hydrogen-bond acceptors (Lipinski definition) is 3. The number of benzene rings is 2. The number of rotatable bonds is 5. The topological polar surface area (TPSA) is 58.6 Å². The highest BCUT2D eigenvalue weighted by atomic mass is 16.5. The lowest BCUT2D eigenvalue weighted by molar-refractivity contribution is -0.132. The van der Waals surface area contributed by atoms with Crippen LogP contribution in [0.4, 0.5) is 0 Å². The van der Waals surface area contributed by atoms with Gasteiger partial charge in [0.15, 0.2) is 0 Å². The highest BCUT2D eigenvalue weighted by Gasteiger charge is 2.21. The third-order valence-electron chi connectivity index (χ3n) is 4.12. The number of hydrogen-bond donors (Lipinski definition) is 1. The van der Waals surface area contributed by atoms with Crippen molar-refractivity contribution in [3.05, 3.63) is 83.6 Å². The molecule has 2 aromatic carbocycles. The minimum absolute atomic E-state index is 0.205. The van der Waals surface area contributed by atoms with Crippen molar-refractivity contribution in [1.82, 2.24) is 10.2 Å². The number of nitrogens with one attached hydrogen (secondary N) is 1. The Kier molecular flexibility index (Phi) is 6.55. The Bertz CT molecular complexity index is 823. The molecule has 1 fully saturated rings. The van der Waals surface area contributed by atoms with E-state index in [1.807, 2.05) is 60.7 Å². The predicted octanol–water partition coefficient (Wildman–Crippen LogP) is 2.72. The van der Waals surface area contributed by atoms with Gasteiger partial charge in [0.25, 0.3) is 5.91 Å². The summed E-state index contributed by atoms with van der Waals surface area (Å²) in [5, 5.41) is 2.74. The van der Waals surface area contributed by atoms with Gasteiger partial charge >= 0.3 is 0 Å². The molecule has 5 nitrogen and oxygen atoms in total. The number of ether oxygens (including phenoxy) is 1. The molecule has 0 radical (unpaired) electrons. The first-order chi connectivity index (χ1) is 13.2. The van der Waals surface area contributed by atoms with Gasteiger partial charge in [0.05, 0.1) is 13.2 Å². The van der Waals surface area contributed by atoms with Crippen LogP contribution in [-0.4, -0.2) is 43.0 Å². The summed E-state index contributed by atoms with van der Waals surface area (Å²) in [5.74, 6) is -0.550. The largest absolute Gasteiger partial charge is 0.378 e. The summed E-state index contributed by atoms with van der Waals surface area (Å²) >= 11 is 0. The van der Waals surface area contributed by atoms with Gasteiger partial charge in [0.1, 0.15) is 5.70 Å². The van der Waals surface area contributed by atoms with E-state index in [0.717, 1.165) is 11.1 Å². The highest BCUT2D eigenvalue weighted by molar-refractivity contribution is 6.04. The third-order valence-corrected chi connectivity index (χ3v) is 4.12. The Labute approximate surface area is 158 Å². The normalized spacial score (nSPS) is 15.0. The molecule has 2 amide bonds. The first-order valence-corrected chi connectivity index (χ1v) is 8.90. The molecule has 1 N–H and O–H groups in total. The number of nitrogens with zero attached hydrogens (tertiary/aromatic N) is 1. The molecule has 0 aromatic heterocycles. The number of morpholine rings is 1. The van der Waals surface area contributed by atoms with Crippen molar-refractivity contribution in [3.8, 4) is 0 Å². The molecule has 0 atom stereocenters. The Morgan fingerprint density at radius 2 is 1.48 bits per heavy atom. The summed E-state index contributed by atoms with van der Waals surface area (Å²) in [4.78, 5) is 26.9. The van der Waals surface area contributed by atoms with E-state index in [-0.39, 0.29) is 17.5 Å². The molecule has 3 rings (SSSR count). The van der Waals surface area contributed by atoms with Crippen LogP contribution in [0.15, 0.2) is 72.4 Å². The first kappa shape index (κ1) is 18.6. The van der Waals surface area contributed by atoms with Crippen LogP contribution in [-0.2, 0) is 14.3 Å². The van der Waals surface area contributed by atoms with E-state index in [4.69, 9.17) is 4.74 Å². The van der Waals surface area contributed by atoms with Gasteiger partial charge in [-0.25, -0.2) is 0 Å². The molecule has 0 bridgehead atoms. The average Bonchev–Trinajstić information content (AvgIpc) is 2.73. The fraction of sp³-hybridized carbons (Fsp3) is 0.182. The van der Waals surface area contributed by atoms with Crippen molar-refractivity contribution in [3.63, 3.8) is 0 Å². The summed E-state index contributed by atoms with van der Waals surface area (Å²) in [6.07, 6.45) is 4.85.